The average molecular weight is 309 g/mol. The van der Waals surface area contributed by atoms with E-state index in [1.165, 1.54) is 5.56 Å². The molecular formula is C19H23N3O. The molecule has 0 bridgehead atoms. The number of hydrogen-bond acceptors (Lipinski definition) is 3. The number of para-hydroxylation sites is 2. The first-order chi connectivity index (χ1) is 11.1. The first-order valence-electron chi connectivity index (χ1n) is 8.11. The van der Waals surface area contributed by atoms with E-state index in [9.17, 15) is 4.79 Å². The molecule has 0 fully saturated rings. The molecule has 0 spiro atoms. The van der Waals surface area contributed by atoms with E-state index in [0.717, 1.165) is 48.8 Å². The number of nitrogens with zero attached hydrogens (tertiary/aromatic N) is 3. The van der Waals surface area contributed by atoms with E-state index in [4.69, 9.17) is 0 Å². The molecule has 23 heavy (non-hydrogen) atoms. The summed E-state index contributed by atoms with van der Waals surface area (Å²) in [7, 11) is 0. The maximum absolute atomic E-state index is 12.0. The van der Waals surface area contributed by atoms with Gasteiger partial charge >= 0.3 is 0 Å². The summed E-state index contributed by atoms with van der Waals surface area (Å²) in [6.07, 6.45) is 0.965. The van der Waals surface area contributed by atoms with Crippen LogP contribution in [0.2, 0.25) is 0 Å². The molecule has 1 aliphatic rings. The SMILES string of the molecule is CC(=O)N1CCCN(Cc2ccc(C)nc2C)c2ccccc21. The van der Waals surface area contributed by atoms with Gasteiger partial charge < -0.3 is 9.80 Å². The van der Waals surface area contributed by atoms with Crippen LogP contribution >= 0.6 is 0 Å². The smallest absolute Gasteiger partial charge is 0.223 e. The quantitative estimate of drug-likeness (QED) is 0.852. The van der Waals surface area contributed by atoms with Crippen LogP contribution < -0.4 is 9.80 Å². The second kappa shape index (κ2) is 6.41. The van der Waals surface area contributed by atoms with Crippen molar-refractivity contribution in [2.24, 2.45) is 0 Å². The summed E-state index contributed by atoms with van der Waals surface area (Å²) < 4.78 is 0. The van der Waals surface area contributed by atoms with Crippen molar-refractivity contribution < 1.29 is 4.79 Å². The van der Waals surface area contributed by atoms with Gasteiger partial charge in [-0.3, -0.25) is 9.78 Å². The molecule has 4 heteroatoms. The van der Waals surface area contributed by atoms with Gasteiger partial charge in [0.15, 0.2) is 0 Å². The topological polar surface area (TPSA) is 36.4 Å². The highest BCUT2D eigenvalue weighted by Crippen LogP contribution is 2.33. The minimum atomic E-state index is 0.104. The lowest BCUT2D eigenvalue weighted by Crippen LogP contribution is -2.28. The summed E-state index contributed by atoms with van der Waals surface area (Å²) in [5.41, 5.74) is 5.50. The molecule has 1 amide bonds. The van der Waals surface area contributed by atoms with Gasteiger partial charge in [-0.1, -0.05) is 18.2 Å². The van der Waals surface area contributed by atoms with Crippen LogP contribution in [0.3, 0.4) is 0 Å². The third kappa shape index (κ3) is 3.21. The van der Waals surface area contributed by atoms with Crippen LogP contribution in [0.4, 0.5) is 11.4 Å². The second-order valence-electron chi connectivity index (χ2n) is 6.13. The Morgan fingerprint density at radius 2 is 1.83 bits per heavy atom. The molecule has 1 aromatic heterocycles. The monoisotopic (exact) mass is 309 g/mol. The Hall–Kier alpha value is -2.36. The van der Waals surface area contributed by atoms with Crippen molar-refractivity contribution in [2.45, 2.75) is 33.7 Å². The van der Waals surface area contributed by atoms with Gasteiger partial charge in [0, 0.05) is 37.9 Å². The molecule has 2 heterocycles. The molecule has 0 saturated heterocycles. The van der Waals surface area contributed by atoms with Crippen molar-refractivity contribution in [3.63, 3.8) is 0 Å². The third-order valence-electron chi connectivity index (χ3n) is 4.40. The number of pyridine rings is 1. The van der Waals surface area contributed by atoms with Gasteiger partial charge in [0.2, 0.25) is 5.91 Å². The maximum atomic E-state index is 12.0. The Balaban J connectivity index is 1.96. The highest BCUT2D eigenvalue weighted by molar-refractivity contribution is 5.95. The van der Waals surface area contributed by atoms with E-state index < -0.39 is 0 Å². The number of amides is 1. The third-order valence-corrected chi connectivity index (χ3v) is 4.40. The van der Waals surface area contributed by atoms with Gasteiger partial charge in [-0.25, -0.2) is 0 Å². The zero-order valence-electron chi connectivity index (χ0n) is 14.0. The van der Waals surface area contributed by atoms with Gasteiger partial charge in [0.1, 0.15) is 0 Å². The van der Waals surface area contributed by atoms with Crippen LogP contribution in [0, 0.1) is 13.8 Å². The van der Waals surface area contributed by atoms with Crippen molar-refractivity contribution >= 4 is 17.3 Å². The largest absolute Gasteiger partial charge is 0.365 e. The van der Waals surface area contributed by atoms with Crippen molar-refractivity contribution in [1.82, 2.24) is 4.98 Å². The zero-order valence-corrected chi connectivity index (χ0v) is 14.0. The van der Waals surface area contributed by atoms with E-state index in [-0.39, 0.29) is 5.91 Å². The van der Waals surface area contributed by atoms with Crippen LogP contribution in [0.25, 0.3) is 0 Å². The first-order valence-corrected chi connectivity index (χ1v) is 8.11. The number of aryl methyl sites for hydroxylation is 2. The van der Waals surface area contributed by atoms with Crippen LogP contribution in [-0.2, 0) is 11.3 Å². The summed E-state index contributed by atoms with van der Waals surface area (Å²) in [5, 5.41) is 0. The molecule has 0 radical (unpaired) electrons. The van der Waals surface area contributed by atoms with Crippen LogP contribution in [0.5, 0.6) is 0 Å². The highest BCUT2D eigenvalue weighted by atomic mass is 16.2. The normalized spacial score (nSPS) is 14.4. The number of carbonyl (C=O) groups excluding carboxylic acids is 1. The molecule has 0 unspecified atom stereocenters. The average Bonchev–Trinajstić information content (AvgIpc) is 2.70. The van der Waals surface area contributed by atoms with Crippen LogP contribution in [0.1, 0.15) is 30.3 Å². The molecule has 2 aromatic rings. The predicted octanol–water partition coefficient (Wildman–Crippen LogP) is 3.46. The molecule has 0 atom stereocenters. The minimum absolute atomic E-state index is 0.104. The summed E-state index contributed by atoms with van der Waals surface area (Å²) in [6, 6.07) is 12.4. The fourth-order valence-corrected chi connectivity index (χ4v) is 3.20. The van der Waals surface area contributed by atoms with Crippen molar-refractivity contribution in [2.75, 3.05) is 22.9 Å². The molecule has 4 nitrogen and oxygen atoms in total. The van der Waals surface area contributed by atoms with E-state index in [1.54, 1.807) is 6.92 Å². The number of anilines is 2. The number of aromatic nitrogens is 1. The summed E-state index contributed by atoms with van der Waals surface area (Å²) in [5.74, 6) is 0.104. The standard InChI is InChI=1S/C19H23N3O/c1-14-9-10-17(15(2)20-14)13-21-11-6-12-22(16(3)23)19-8-5-4-7-18(19)21/h4-5,7-10H,6,11-13H2,1-3H3. The van der Waals surface area contributed by atoms with Crippen molar-refractivity contribution in [3.8, 4) is 0 Å². The van der Waals surface area contributed by atoms with Gasteiger partial charge in [0.25, 0.3) is 0 Å². The van der Waals surface area contributed by atoms with Gasteiger partial charge in [-0.15, -0.1) is 0 Å². The Bertz CT molecular complexity index is 726. The summed E-state index contributed by atoms with van der Waals surface area (Å²) in [4.78, 5) is 20.8. The Labute approximate surface area is 137 Å². The van der Waals surface area contributed by atoms with Gasteiger partial charge in [0.05, 0.1) is 11.4 Å². The Morgan fingerprint density at radius 3 is 2.52 bits per heavy atom. The number of carbonyl (C=O) groups is 1. The molecular weight excluding hydrogens is 286 g/mol. The lowest BCUT2D eigenvalue weighted by molar-refractivity contribution is -0.116. The highest BCUT2D eigenvalue weighted by Gasteiger charge is 2.22. The van der Waals surface area contributed by atoms with Crippen molar-refractivity contribution in [1.29, 1.82) is 0 Å². The minimum Gasteiger partial charge on any atom is -0.365 e. The molecule has 0 aliphatic carbocycles. The number of benzene rings is 1. The van der Waals surface area contributed by atoms with Crippen LogP contribution in [0.15, 0.2) is 36.4 Å². The Kier molecular flexibility index (Phi) is 4.33. The fourth-order valence-electron chi connectivity index (χ4n) is 3.20. The maximum Gasteiger partial charge on any atom is 0.223 e. The molecule has 1 aromatic carbocycles. The van der Waals surface area contributed by atoms with E-state index in [2.05, 4.69) is 35.0 Å². The van der Waals surface area contributed by atoms with Gasteiger partial charge in [-0.05, 0) is 44.0 Å². The van der Waals surface area contributed by atoms with Crippen LogP contribution in [-0.4, -0.2) is 24.0 Å². The number of fused-ring (bicyclic) bond motifs is 1. The molecule has 0 N–H and O–H groups in total. The molecule has 0 saturated carbocycles. The van der Waals surface area contributed by atoms with Gasteiger partial charge in [-0.2, -0.15) is 0 Å². The second-order valence-corrected chi connectivity index (χ2v) is 6.13. The molecule has 1 aliphatic heterocycles. The van der Waals surface area contributed by atoms with E-state index in [1.807, 2.05) is 30.0 Å². The van der Waals surface area contributed by atoms with E-state index >= 15 is 0 Å². The molecule has 3 rings (SSSR count). The lowest BCUT2D eigenvalue weighted by Gasteiger charge is -2.26. The lowest BCUT2D eigenvalue weighted by atomic mass is 10.1. The fraction of sp³-hybridized carbons (Fsp3) is 0.368. The number of rotatable bonds is 2. The summed E-state index contributed by atoms with van der Waals surface area (Å²) in [6.45, 7) is 8.25. The first kappa shape index (κ1) is 15.5. The summed E-state index contributed by atoms with van der Waals surface area (Å²) >= 11 is 0. The van der Waals surface area contributed by atoms with E-state index in [0.29, 0.717) is 0 Å². The molecule has 120 valence electrons. The Morgan fingerprint density at radius 1 is 1.09 bits per heavy atom. The van der Waals surface area contributed by atoms with Crippen molar-refractivity contribution in [3.05, 3.63) is 53.3 Å². The number of hydrogen-bond donors (Lipinski definition) is 0. The zero-order chi connectivity index (χ0) is 16.4. The predicted molar refractivity (Wildman–Crippen MR) is 93.8 cm³/mol.